The maximum atomic E-state index is 13.3. The molecule has 2 N–H and O–H groups in total. The van der Waals surface area contributed by atoms with Crippen LogP contribution in [0.1, 0.15) is 13.8 Å². The van der Waals surface area contributed by atoms with Crippen LogP contribution < -0.4 is 10.6 Å². The molecule has 5 heteroatoms. The number of hydrogen-bond donors (Lipinski definition) is 2. The Hall–Kier alpha value is -1.49. The van der Waals surface area contributed by atoms with Crippen LogP contribution in [0.25, 0.3) is 0 Å². The van der Waals surface area contributed by atoms with E-state index in [4.69, 9.17) is 0 Å². The lowest BCUT2D eigenvalue weighted by Crippen LogP contribution is -2.30. The molecular formula is C12H16F2N2O. The monoisotopic (exact) mass is 242 g/mol. The third-order valence-electron chi connectivity index (χ3n) is 2.34. The van der Waals surface area contributed by atoms with Crippen LogP contribution in [0.4, 0.5) is 14.5 Å². The van der Waals surface area contributed by atoms with Gasteiger partial charge in [-0.25, -0.2) is 8.78 Å². The van der Waals surface area contributed by atoms with E-state index < -0.39 is 11.6 Å². The quantitative estimate of drug-likeness (QED) is 0.830. The van der Waals surface area contributed by atoms with Crippen molar-refractivity contribution < 1.29 is 13.6 Å². The molecule has 0 aliphatic heterocycles. The van der Waals surface area contributed by atoms with Crippen LogP contribution in [-0.2, 0) is 4.79 Å². The summed E-state index contributed by atoms with van der Waals surface area (Å²) >= 11 is 0. The summed E-state index contributed by atoms with van der Waals surface area (Å²) in [5.74, 6) is -2.01. The van der Waals surface area contributed by atoms with E-state index in [-0.39, 0.29) is 17.5 Å². The average molecular weight is 242 g/mol. The van der Waals surface area contributed by atoms with E-state index in [1.54, 1.807) is 6.92 Å². The minimum absolute atomic E-state index is 0.000233. The van der Waals surface area contributed by atoms with E-state index in [9.17, 15) is 13.6 Å². The number of benzene rings is 1. The van der Waals surface area contributed by atoms with Crippen molar-refractivity contribution in [2.45, 2.75) is 13.8 Å². The third-order valence-corrected chi connectivity index (χ3v) is 2.34. The molecule has 1 atom stereocenters. The number of carbonyl (C=O) groups is 1. The molecule has 0 aromatic heterocycles. The van der Waals surface area contributed by atoms with Gasteiger partial charge in [0.15, 0.2) is 0 Å². The fourth-order valence-electron chi connectivity index (χ4n) is 1.30. The van der Waals surface area contributed by atoms with E-state index in [0.717, 1.165) is 18.7 Å². The molecule has 17 heavy (non-hydrogen) atoms. The lowest BCUT2D eigenvalue weighted by molar-refractivity contribution is -0.119. The first kappa shape index (κ1) is 13.6. The van der Waals surface area contributed by atoms with Gasteiger partial charge in [0.2, 0.25) is 5.91 Å². The van der Waals surface area contributed by atoms with Crippen LogP contribution in [0, 0.1) is 17.6 Å². The molecule has 0 saturated heterocycles. The number of carbonyl (C=O) groups excluding carboxylic acids is 1. The maximum Gasteiger partial charge on any atom is 0.228 e. The van der Waals surface area contributed by atoms with Crippen LogP contribution in [0.5, 0.6) is 0 Å². The van der Waals surface area contributed by atoms with Crippen LogP contribution in [0.2, 0.25) is 0 Å². The Bertz CT molecular complexity index is 396. The van der Waals surface area contributed by atoms with Gasteiger partial charge in [-0.3, -0.25) is 4.79 Å². The molecule has 1 aromatic rings. The molecule has 0 fully saturated rings. The van der Waals surface area contributed by atoms with Gasteiger partial charge in [0.1, 0.15) is 11.6 Å². The lowest BCUT2D eigenvalue weighted by Gasteiger charge is -2.12. The second-order valence-electron chi connectivity index (χ2n) is 3.82. The molecule has 1 amide bonds. The van der Waals surface area contributed by atoms with E-state index in [2.05, 4.69) is 10.6 Å². The molecular weight excluding hydrogens is 226 g/mol. The van der Waals surface area contributed by atoms with Gasteiger partial charge in [-0.05, 0) is 18.7 Å². The fourth-order valence-corrected chi connectivity index (χ4v) is 1.30. The van der Waals surface area contributed by atoms with Gasteiger partial charge in [0, 0.05) is 18.5 Å². The summed E-state index contributed by atoms with van der Waals surface area (Å²) in [6.45, 7) is 4.96. The predicted octanol–water partition coefficient (Wildman–Crippen LogP) is 2.15. The first-order valence-electron chi connectivity index (χ1n) is 5.51. The second-order valence-corrected chi connectivity index (χ2v) is 3.82. The fraction of sp³-hybridized carbons (Fsp3) is 0.417. The number of hydrogen-bond acceptors (Lipinski definition) is 2. The first-order valence-corrected chi connectivity index (χ1v) is 5.51. The Morgan fingerprint density at radius 2 is 2.12 bits per heavy atom. The second kappa shape index (κ2) is 6.30. The predicted molar refractivity (Wildman–Crippen MR) is 62.7 cm³/mol. The summed E-state index contributed by atoms with van der Waals surface area (Å²) in [6.07, 6.45) is 0. The van der Waals surface area contributed by atoms with Crippen molar-refractivity contribution in [2.75, 3.05) is 18.4 Å². The first-order chi connectivity index (χ1) is 8.04. The Labute approximate surface area is 99.2 Å². The molecule has 1 aromatic carbocycles. The van der Waals surface area contributed by atoms with Crippen LogP contribution >= 0.6 is 0 Å². The summed E-state index contributed by atoms with van der Waals surface area (Å²) in [7, 11) is 0. The van der Waals surface area contributed by atoms with Gasteiger partial charge < -0.3 is 10.6 Å². The Balaban J connectivity index is 2.61. The number of anilines is 1. The molecule has 0 radical (unpaired) electrons. The number of nitrogens with one attached hydrogen (secondary N) is 2. The highest BCUT2D eigenvalue weighted by atomic mass is 19.1. The standard InChI is InChI=1S/C12H16F2N2O/c1-3-15-7-8(2)12(17)16-11-5-4-9(13)6-10(11)14/h4-6,8,15H,3,7H2,1-2H3,(H,16,17). The van der Waals surface area contributed by atoms with Crippen LogP contribution in [-0.4, -0.2) is 19.0 Å². The Morgan fingerprint density at radius 1 is 1.41 bits per heavy atom. The van der Waals surface area contributed by atoms with Crippen LogP contribution in [0.15, 0.2) is 18.2 Å². The smallest absolute Gasteiger partial charge is 0.228 e. The topological polar surface area (TPSA) is 41.1 Å². The number of amides is 1. The maximum absolute atomic E-state index is 13.3. The molecule has 3 nitrogen and oxygen atoms in total. The van der Waals surface area contributed by atoms with Crippen molar-refractivity contribution in [1.29, 1.82) is 0 Å². The summed E-state index contributed by atoms with van der Waals surface area (Å²) in [5, 5.41) is 5.45. The van der Waals surface area contributed by atoms with Gasteiger partial charge in [-0.1, -0.05) is 13.8 Å². The normalized spacial score (nSPS) is 12.2. The molecule has 94 valence electrons. The highest BCUT2D eigenvalue weighted by Gasteiger charge is 2.14. The zero-order chi connectivity index (χ0) is 12.8. The van der Waals surface area contributed by atoms with Gasteiger partial charge in [-0.2, -0.15) is 0 Å². The van der Waals surface area contributed by atoms with Crippen molar-refractivity contribution in [3.63, 3.8) is 0 Å². The minimum Gasteiger partial charge on any atom is -0.323 e. The zero-order valence-corrected chi connectivity index (χ0v) is 9.89. The van der Waals surface area contributed by atoms with E-state index in [0.29, 0.717) is 6.54 Å². The van der Waals surface area contributed by atoms with E-state index >= 15 is 0 Å². The Kier molecular flexibility index (Phi) is 5.03. The molecule has 0 heterocycles. The van der Waals surface area contributed by atoms with Gasteiger partial charge >= 0.3 is 0 Å². The van der Waals surface area contributed by atoms with Gasteiger partial charge in [0.25, 0.3) is 0 Å². The molecule has 1 rings (SSSR count). The molecule has 0 aliphatic rings. The largest absolute Gasteiger partial charge is 0.323 e. The summed E-state index contributed by atoms with van der Waals surface area (Å²) < 4.78 is 25.9. The number of rotatable bonds is 5. The SMILES string of the molecule is CCNCC(C)C(=O)Nc1ccc(F)cc1F. The highest BCUT2D eigenvalue weighted by molar-refractivity contribution is 5.92. The van der Waals surface area contributed by atoms with Crippen LogP contribution in [0.3, 0.4) is 0 Å². The lowest BCUT2D eigenvalue weighted by atomic mass is 10.1. The average Bonchev–Trinajstić information content (AvgIpc) is 2.29. The minimum atomic E-state index is -0.769. The summed E-state index contributed by atoms with van der Waals surface area (Å²) in [4.78, 5) is 11.6. The molecule has 0 saturated carbocycles. The van der Waals surface area contributed by atoms with Gasteiger partial charge in [-0.15, -0.1) is 0 Å². The van der Waals surface area contributed by atoms with Crippen molar-refractivity contribution in [3.8, 4) is 0 Å². The van der Waals surface area contributed by atoms with Crippen molar-refractivity contribution in [2.24, 2.45) is 5.92 Å². The van der Waals surface area contributed by atoms with Crippen molar-refractivity contribution >= 4 is 11.6 Å². The third kappa shape index (κ3) is 4.11. The number of halogens is 2. The van der Waals surface area contributed by atoms with Crippen molar-refractivity contribution in [3.05, 3.63) is 29.8 Å². The van der Waals surface area contributed by atoms with E-state index in [1.807, 2.05) is 6.92 Å². The van der Waals surface area contributed by atoms with E-state index in [1.165, 1.54) is 6.07 Å². The Morgan fingerprint density at radius 3 is 2.71 bits per heavy atom. The molecule has 1 unspecified atom stereocenters. The molecule has 0 aliphatic carbocycles. The highest BCUT2D eigenvalue weighted by Crippen LogP contribution is 2.15. The zero-order valence-electron chi connectivity index (χ0n) is 9.89. The van der Waals surface area contributed by atoms with Crippen molar-refractivity contribution in [1.82, 2.24) is 5.32 Å². The van der Waals surface area contributed by atoms with Gasteiger partial charge in [0.05, 0.1) is 5.69 Å². The summed E-state index contributed by atoms with van der Waals surface area (Å²) in [6, 6.07) is 3.06. The molecule has 0 bridgehead atoms. The molecule has 0 spiro atoms. The summed E-state index contributed by atoms with van der Waals surface area (Å²) in [5.41, 5.74) is -0.000233.